The molecule has 1 heterocycles. The van der Waals surface area contributed by atoms with Crippen LogP contribution in [0.3, 0.4) is 0 Å². The number of benzene rings is 3. The van der Waals surface area contributed by atoms with E-state index in [1.165, 1.54) is 26.1 Å². The highest BCUT2D eigenvalue weighted by Crippen LogP contribution is 2.51. The van der Waals surface area contributed by atoms with Gasteiger partial charge in [0.15, 0.2) is 5.71 Å². The molecule has 1 fully saturated rings. The van der Waals surface area contributed by atoms with Crippen molar-refractivity contribution in [2.24, 2.45) is 16.5 Å². The maximum atomic E-state index is 11.9. The van der Waals surface area contributed by atoms with Gasteiger partial charge in [-0.3, -0.25) is 4.68 Å². The fourth-order valence-electron chi connectivity index (χ4n) is 5.76. The number of aromatic nitrogens is 3. The average Bonchev–Trinajstić information content (AvgIpc) is 3.62. The number of esters is 1. The molecule has 45 heavy (non-hydrogen) atoms. The summed E-state index contributed by atoms with van der Waals surface area (Å²) in [4.78, 5) is 20.7. The largest absolute Gasteiger partial charge is 0.489 e. The number of hydrogen-bond acceptors (Lipinski definition) is 8. The smallest absolute Gasteiger partial charge is 0.360 e. The van der Waals surface area contributed by atoms with Gasteiger partial charge in [0.05, 0.1) is 19.3 Å². The summed E-state index contributed by atoms with van der Waals surface area (Å²) < 4.78 is 12.4. The first kappa shape index (κ1) is 33.7. The molecular formula is C35H41ClN4O5. The highest BCUT2D eigenvalue weighted by Gasteiger charge is 2.54. The van der Waals surface area contributed by atoms with Crippen LogP contribution in [0.5, 0.6) is 5.75 Å². The average molecular weight is 633 g/mol. The molecular weight excluding hydrogens is 592 g/mol. The third kappa shape index (κ3) is 8.29. The number of carbonyl (C=O) groups excluding carboxylic acids is 1. The number of nitrogens with zero attached hydrogens (tertiary/aromatic N) is 4. The number of hydrogen-bond donors (Lipinski definition) is 1. The lowest BCUT2D eigenvalue weighted by atomic mass is 9.72. The van der Waals surface area contributed by atoms with Crippen molar-refractivity contribution in [3.8, 4) is 5.75 Å². The molecule has 0 radical (unpaired) electrons. The zero-order valence-corrected chi connectivity index (χ0v) is 27.2. The summed E-state index contributed by atoms with van der Waals surface area (Å²) in [6.07, 6.45) is 6.06. The van der Waals surface area contributed by atoms with Crippen LogP contribution in [0.25, 0.3) is 0 Å². The van der Waals surface area contributed by atoms with E-state index < -0.39 is 11.6 Å². The van der Waals surface area contributed by atoms with Crippen molar-refractivity contribution in [2.75, 3.05) is 14.2 Å². The van der Waals surface area contributed by atoms with Crippen molar-refractivity contribution in [2.45, 2.75) is 58.8 Å². The molecule has 2 unspecified atom stereocenters. The van der Waals surface area contributed by atoms with Crippen LogP contribution in [-0.2, 0) is 33.9 Å². The molecule has 1 aliphatic carbocycles. The first-order valence-corrected chi connectivity index (χ1v) is 15.2. The lowest BCUT2D eigenvalue weighted by molar-refractivity contribution is -0.132. The second kappa shape index (κ2) is 15.2. The number of carbonyl (C=O) groups is 1. The third-order valence-electron chi connectivity index (χ3n) is 8.54. The Morgan fingerprint density at radius 1 is 1.07 bits per heavy atom. The number of aryl methyl sites for hydroxylation is 1. The van der Waals surface area contributed by atoms with Gasteiger partial charge in [-0.2, -0.15) is 5.10 Å². The molecule has 0 spiro atoms. The van der Waals surface area contributed by atoms with Gasteiger partial charge in [-0.25, -0.2) is 9.78 Å². The summed E-state index contributed by atoms with van der Waals surface area (Å²) in [5.74, 6) is 0.439. The molecule has 1 aromatic heterocycles. The van der Waals surface area contributed by atoms with Gasteiger partial charge in [0.25, 0.3) is 0 Å². The van der Waals surface area contributed by atoms with Gasteiger partial charge in [-0.15, -0.1) is 0 Å². The van der Waals surface area contributed by atoms with Crippen LogP contribution in [0.1, 0.15) is 48.9 Å². The predicted molar refractivity (Wildman–Crippen MR) is 174 cm³/mol. The molecule has 238 valence electrons. The normalized spacial score (nSPS) is 18.9. The van der Waals surface area contributed by atoms with Crippen LogP contribution < -0.4 is 4.74 Å². The molecule has 9 nitrogen and oxygen atoms in total. The first-order chi connectivity index (χ1) is 21.6. The fraction of sp³-hybridized carbons (Fsp3) is 0.371. The van der Waals surface area contributed by atoms with Gasteiger partial charge in [0.2, 0.25) is 0 Å². The van der Waals surface area contributed by atoms with Crippen molar-refractivity contribution >= 4 is 23.3 Å². The Morgan fingerprint density at radius 3 is 2.44 bits per heavy atom. The van der Waals surface area contributed by atoms with E-state index in [0.29, 0.717) is 18.7 Å². The van der Waals surface area contributed by atoms with Crippen molar-refractivity contribution in [3.05, 3.63) is 113 Å². The molecule has 0 amide bonds. The van der Waals surface area contributed by atoms with E-state index in [1.807, 2.05) is 73.7 Å². The fourth-order valence-corrected chi connectivity index (χ4v) is 5.88. The zero-order valence-electron chi connectivity index (χ0n) is 26.4. The standard InChI is InChI=1S/C18H19NO4.C17H22ClN3O/c1-13-8-4-7-11-16(13)23-12-14-9-5-6-10-15(14)17(19-22-3)18(20)21-2;1-16(2)8-7-14(9-13-3-5-15(18)6-4-13)17(16,22)10-21-12-19-11-20-21/h4-11H,12H2,1-3H3;3-6,11-12,14,22H,7-10H2,1-2H3/b19-17+;. The maximum Gasteiger partial charge on any atom is 0.360 e. The molecule has 1 aliphatic rings. The van der Waals surface area contributed by atoms with E-state index in [4.69, 9.17) is 25.9 Å². The number of oxime groups is 1. The SMILES string of the molecule is CC1(C)CCC(Cc2ccc(Cl)cc2)C1(O)Cn1cncn1.CO/N=C(/C(=O)OC)c1ccccc1COc1ccccc1C. The van der Waals surface area contributed by atoms with Crippen molar-refractivity contribution < 1.29 is 24.2 Å². The van der Waals surface area contributed by atoms with Gasteiger partial charge >= 0.3 is 5.97 Å². The summed E-state index contributed by atoms with van der Waals surface area (Å²) in [5, 5.41) is 20.2. The van der Waals surface area contributed by atoms with E-state index in [2.05, 4.69) is 29.1 Å². The second-order valence-electron chi connectivity index (χ2n) is 11.8. The summed E-state index contributed by atoms with van der Waals surface area (Å²) >= 11 is 5.96. The lowest BCUT2D eigenvalue weighted by Gasteiger charge is -2.40. The Bertz CT molecular complexity index is 1570. The monoisotopic (exact) mass is 632 g/mol. The molecule has 5 rings (SSSR count). The van der Waals surface area contributed by atoms with Gasteiger partial charge in [-0.05, 0) is 72.4 Å². The molecule has 0 bridgehead atoms. The van der Waals surface area contributed by atoms with Crippen LogP contribution in [0, 0.1) is 18.3 Å². The predicted octanol–water partition coefficient (Wildman–Crippen LogP) is 6.44. The molecule has 2 atom stereocenters. The van der Waals surface area contributed by atoms with Gasteiger partial charge in [0.1, 0.15) is 32.1 Å². The van der Waals surface area contributed by atoms with Crippen LogP contribution in [0.2, 0.25) is 5.02 Å². The number of aliphatic hydroxyl groups is 1. The van der Waals surface area contributed by atoms with E-state index >= 15 is 0 Å². The lowest BCUT2D eigenvalue weighted by Crippen LogP contribution is -2.49. The highest BCUT2D eigenvalue weighted by atomic mass is 35.5. The summed E-state index contributed by atoms with van der Waals surface area (Å²) in [6, 6.07) is 23.0. The Hall–Kier alpha value is -4.21. The molecule has 4 aromatic rings. The van der Waals surface area contributed by atoms with Gasteiger partial charge < -0.3 is 19.4 Å². The third-order valence-corrected chi connectivity index (χ3v) is 8.79. The maximum absolute atomic E-state index is 11.9. The summed E-state index contributed by atoms with van der Waals surface area (Å²) in [5.41, 5.74) is 2.87. The second-order valence-corrected chi connectivity index (χ2v) is 12.2. The Morgan fingerprint density at radius 2 is 1.78 bits per heavy atom. The molecule has 0 saturated heterocycles. The number of rotatable bonds is 10. The van der Waals surface area contributed by atoms with Crippen molar-refractivity contribution in [1.29, 1.82) is 0 Å². The van der Waals surface area contributed by atoms with Crippen LogP contribution >= 0.6 is 11.6 Å². The molecule has 1 N–H and O–H groups in total. The molecule has 1 saturated carbocycles. The minimum atomic E-state index is -0.791. The quantitative estimate of drug-likeness (QED) is 0.122. The highest BCUT2D eigenvalue weighted by molar-refractivity contribution is 6.43. The number of halogens is 1. The van der Waals surface area contributed by atoms with E-state index in [-0.39, 0.29) is 17.0 Å². The Kier molecular flexibility index (Phi) is 11.4. The van der Waals surface area contributed by atoms with E-state index in [0.717, 1.165) is 41.2 Å². The zero-order chi connectivity index (χ0) is 32.5. The van der Waals surface area contributed by atoms with Crippen LogP contribution in [0.15, 0.2) is 90.6 Å². The van der Waals surface area contributed by atoms with Crippen molar-refractivity contribution in [1.82, 2.24) is 14.8 Å². The van der Waals surface area contributed by atoms with Crippen molar-refractivity contribution in [3.63, 3.8) is 0 Å². The summed E-state index contributed by atoms with van der Waals surface area (Å²) in [7, 11) is 2.69. The minimum Gasteiger partial charge on any atom is -0.489 e. The number of ether oxygens (including phenoxy) is 2. The first-order valence-electron chi connectivity index (χ1n) is 14.8. The van der Waals surface area contributed by atoms with E-state index in [1.54, 1.807) is 17.1 Å². The molecule has 3 aromatic carbocycles. The van der Waals surface area contributed by atoms with E-state index in [9.17, 15) is 9.90 Å². The Balaban J connectivity index is 0.000000205. The van der Waals surface area contributed by atoms with Gasteiger partial charge in [0, 0.05) is 10.6 Å². The topological polar surface area (TPSA) is 108 Å². The summed E-state index contributed by atoms with van der Waals surface area (Å²) in [6.45, 7) is 7.06. The van der Waals surface area contributed by atoms with Gasteiger partial charge in [-0.1, -0.05) is 85.2 Å². The molecule has 0 aliphatic heterocycles. The number of methoxy groups -OCH3 is 1. The number of para-hydroxylation sites is 1. The molecule has 10 heteroatoms. The van der Waals surface area contributed by atoms with Crippen LogP contribution in [0.4, 0.5) is 0 Å². The minimum absolute atomic E-state index is 0.110. The van der Waals surface area contributed by atoms with Crippen LogP contribution in [-0.4, -0.2) is 51.4 Å². The Labute approximate surface area is 269 Å².